The van der Waals surface area contributed by atoms with Crippen LogP contribution in [0.4, 0.5) is 5.82 Å². The van der Waals surface area contributed by atoms with Crippen LogP contribution in [-0.2, 0) is 16.8 Å². The fraction of sp³-hybridized carbons (Fsp3) is 0.476. The number of nitrogens with one attached hydrogen (secondary N) is 1. The van der Waals surface area contributed by atoms with Gasteiger partial charge in [0.15, 0.2) is 0 Å². The van der Waals surface area contributed by atoms with Gasteiger partial charge >= 0.3 is 0 Å². The molecule has 0 bridgehead atoms. The van der Waals surface area contributed by atoms with Crippen LogP contribution in [0, 0.1) is 11.3 Å². The molecule has 28 heavy (non-hydrogen) atoms. The number of aromatic nitrogens is 1. The first-order valence-corrected chi connectivity index (χ1v) is 10.5. The van der Waals surface area contributed by atoms with E-state index in [1.54, 1.807) is 29.7 Å². The van der Waals surface area contributed by atoms with Crippen LogP contribution < -0.4 is 10.2 Å². The van der Waals surface area contributed by atoms with Crippen molar-refractivity contribution >= 4 is 23.1 Å². The minimum absolute atomic E-state index is 0.00543. The van der Waals surface area contributed by atoms with Crippen LogP contribution in [0.5, 0.6) is 0 Å². The zero-order valence-electron chi connectivity index (χ0n) is 16.2. The highest BCUT2D eigenvalue weighted by atomic mass is 32.1. The third-order valence-corrected chi connectivity index (χ3v) is 6.62. The number of carbonyl (C=O) groups is 1. The van der Waals surface area contributed by atoms with Crippen molar-refractivity contribution in [2.45, 2.75) is 44.8 Å². The van der Waals surface area contributed by atoms with Crippen molar-refractivity contribution in [1.82, 2.24) is 10.3 Å². The Morgan fingerprint density at radius 3 is 2.93 bits per heavy atom. The molecule has 2 aliphatic heterocycles. The summed E-state index contributed by atoms with van der Waals surface area (Å²) in [6.45, 7) is 6.17. The maximum atomic E-state index is 12.5. The maximum Gasteiger partial charge on any atom is 0.261 e. The Morgan fingerprint density at radius 1 is 1.43 bits per heavy atom. The molecular formula is C21H24N4O2S. The number of amides is 1. The third kappa shape index (κ3) is 3.38. The summed E-state index contributed by atoms with van der Waals surface area (Å²) in [5.74, 6) is 0.743. The molecule has 4 heterocycles. The van der Waals surface area contributed by atoms with E-state index in [1.807, 2.05) is 19.9 Å². The molecule has 1 saturated heterocycles. The Hall–Kier alpha value is -2.43. The van der Waals surface area contributed by atoms with Crippen LogP contribution in [0.25, 0.3) is 0 Å². The van der Waals surface area contributed by atoms with E-state index < -0.39 is 0 Å². The summed E-state index contributed by atoms with van der Waals surface area (Å²) in [6, 6.07) is 7.98. The molecule has 1 amide bonds. The van der Waals surface area contributed by atoms with Gasteiger partial charge in [-0.2, -0.15) is 5.26 Å². The highest BCUT2D eigenvalue weighted by Gasteiger charge is 2.42. The predicted molar refractivity (Wildman–Crippen MR) is 109 cm³/mol. The number of rotatable bonds is 3. The molecule has 0 atom stereocenters. The highest BCUT2D eigenvalue weighted by Crippen LogP contribution is 2.45. The van der Waals surface area contributed by atoms with Crippen LogP contribution in [0.15, 0.2) is 24.4 Å². The van der Waals surface area contributed by atoms with Crippen molar-refractivity contribution in [2.75, 3.05) is 24.6 Å². The van der Waals surface area contributed by atoms with Gasteiger partial charge in [0.25, 0.3) is 5.91 Å². The fourth-order valence-corrected chi connectivity index (χ4v) is 5.23. The van der Waals surface area contributed by atoms with Crippen molar-refractivity contribution in [3.05, 3.63) is 45.3 Å². The van der Waals surface area contributed by atoms with Crippen molar-refractivity contribution in [1.29, 1.82) is 5.26 Å². The molecule has 2 aromatic heterocycles. The molecule has 6 nitrogen and oxygen atoms in total. The average Bonchev–Trinajstić information content (AvgIpc) is 3.14. The van der Waals surface area contributed by atoms with Crippen molar-refractivity contribution in [3.8, 4) is 6.07 Å². The number of piperidine rings is 1. The zero-order valence-corrected chi connectivity index (χ0v) is 17.0. The number of hydrogen-bond acceptors (Lipinski definition) is 6. The lowest BCUT2D eigenvalue weighted by Crippen LogP contribution is -2.46. The Morgan fingerprint density at radius 2 is 2.21 bits per heavy atom. The lowest BCUT2D eigenvalue weighted by atomic mass is 9.82. The SMILES string of the molecule is CC(C)NC(=O)c1cc2c(s1)CCOC21CCN(c2ncccc2C#N)CC1. The van der Waals surface area contributed by atoms with Gasteiger partial charge < -0.3 is 15.0 Å². The van der Waals surface area contributed by atoms with Gasteiger partial charge in [-0.05, 0) is 50.5 Å². The zero-order chi connectivity index (χ0) is 19.7. The molecule has 1 spiro atoms. The summed E-state index contributed by atoms with van der Waals surface area (Å²) < 4.78 is 6.31. The summed E-state index contributed by atoms with van der Waals surface area (Å²) in [6.07, 6.45) is 4.24. The Kier molecular flexibility index (Phi) is 5.09. The van der Waals surface area contributed by atoms with Gasteiger partial charge in [0.2, 0.25) is 0 Å². The number of hydrogen-bond donors (Lipinski definition) is 1. The van der Waals surface area contributed by atoms with Gasteiger partial charge in [-0.15, -0.1) is 11.3 Å². The number of carbonyl (C=O) groups excluding carboxylic acids is 1. The van der Waals surface area contributed by atoms with E-state index in [-0.39, 0.29) is 17.6 Å². The van der Waals surface area contributed by atoms with E-state index in [4.69, 9.17) is 4.74 Å². The molecule has 0 unspecified atom stereocenters. The number of anilines is 1. The quantitative estimate of drug-likeness (QED) is 0.862. The predicted octanol–water partition coefficient (Wildman–Crippen LogP) is 3.22. The van der Waals surface area contributed by atoms with Gasteiger partial charge in [0, 0.05) is 36.6 Å². The van der Waals surface area contributed by atoms with Crippen molar-refractivity contribution in [2.24, 2.45) is 0 Å². The molecule has 0 saturated carbocycles. The second kappa shape index (κ2) is 7.53. The monoisotopic (exact) mass is 396 g/mol. The number of fused-ring (bicyclic) bond motifs is 2. The lowest BCUT2D eigenvalue weighted by Gasteiger charge is -2.44. The van der Waals surface area contributed by atoms with E-state index in [2.05, 4.69) is 21.3 Å². The summed E-state index contributed by atoms with van der Waals surface area (Å²) in [5.41, 5.74) is 1.45. The molecule has 1 N–H and O–H groups in total. The second-order valence-corrected chi connectivity index (χ2v) is 8.78. The first-order valence-electron chi connectivity index (χ1n) is 9.70. The van der Waals surface area contributed by atoms with Gasteiger partial charge in [-0.3, -0.25) is 4.79 Å². The second-order valence-electron chi connectivity index (χ2n) is 7.64. The molecule has 1 fully saturated rings. The summed E-state index contributed by atoms with van der Waals surface area (Å²) in [4.78, 5) is 21.1. The third-order valence-electron chi connectivity index (χ3n) is 5.43. The normalized spacial score (nSPS) is 18.0. The number of thiophene rings is 1. The smallest absolute Gasteiger partial charge is 0.261 e. The standard InChI is InChI=1S/C21H24N4O2S/c1-14(2)24-20(26)18-12-16-17(28-18)5-11-27-21(16)6-9-25(10-7-21)19-15(13-22)4-3-8-23-19/h3-4,8,12,14H,5-7,9-11H2,1-2H3,(H,24,26). The summed E-state index contributed by atoms with van der Waals surface area (Å²) in [5, 5.41) is 12.3. The van der Waals surface area contributed by atoms with Gasteiger partial charge in [0.05, 0.1) is 22.6 Å². The Balaban J connectivity index is 1.56. The molecule has 7 heteroatoms. The molecule has 2 aromatic rings. The van der Waals surface area contributed by atoms with E-state index in [9.17, 15) is 10.1 Å². The molecule has 0 radical (unpaired) electrons. The molecule has 2 aliphatic rings. The van der Waals surface area contributed by atoms with E-state index in [0.717, 1.165) is 43.0 Å². The molecule has 146 valence electrons. The molecule has 4 rings (SSSR count). The Labute approximate surface area is 169 Å². The maximum absolute atomic E-state index is 12.5. The van der Waals surface area contributed by atoms with Crippen molar-refractivity contribution < 1.29 is 9.53 Å². The number of nitriles is 1. The summed E-state index contributed by atoms with van der Waals surface area (Å²) >= 11 is 1.60. The first-order chi connectivity index (χ1) is 13.5. The van der Waals surface area contributed by atoms with Crippen LogP contribution in [0.1, 0.15) is 52.4 Å². The van der Waals surface area contributed by atoms with E-state index in [0.29, 0.717) is 12.2 Å². The topological polar surface area (TPSA) is 78.2 Å². The summed E-state index contributed by atoms with van der Waals surface area (Å²) in [7, 11) is 0. The number of nitrogens with zero attached hydrogens (tertiary/aromatic N) is 3. The number of ether oxygens (including phenoxy) is 1. The minimum atomic E-state index is -0.335. The molecule has 0 aromatic carbocycles. The van der Waals surface area contributed by atoms with Crippen LogP contribution >= 0.6 is 11.3 Å². The first kappa shape index (κ1) is 18.9. The fourth-order valence-electron chi connectivity index (χ4n) is 4.09. The van der Waals surface area contributed by atoms with Gasteiger partial charge in [-0.25, -0.2) is 4.98 Å². The van der Waals surface area contributed by atoms with Gasteiger partial charge in [-0.1, -0.05) is 0 Å². The van der Waals surface area contributed by atoms with Gasteiger partial charge in [0.1, 0.15) is 11.9 Å². The number of pyridine rings is 1. The average molecular weight is 397 g/mol. The lowest BCUT2D eigenvalue weighted by molar-refractivity contribution is -0.0757. The molecule has 0 aliphatic carbocycles. The minimum Gasteiger partial charge on any atom is -0.370 e. The van der Waals surface area contributed by atoms with E-state index >= 15 is 0 Å². The van der Waals surface area contributed by atoms with Crippen LogP contribution in [0.3, 0.4) is 0 Å². The van der Waals surface area contributed by atoms with Crippen LogP contribution in [-0.4, -0.2) is 36.6 Å². The Bertz CT molecular complexity index is 923. The largest absolute Gasteiger partial charge is 0.370 e. The van der Waals surface area contributed by atoms with Crippen LogP contribution in [0.2, 0.25) is 0 Å². The van der Waals surface area contributed by atoms with E-state index in [1.165, 1.54) is 10.4 Å². The van der Waals surface area contributed by atoms with Crippen molar-refractivity contribution in [3.63, 3.8) is 0 Å². The molecular weight excluding hydrogens is 372 g/mol. The highest BCUT2D eigenvalue weighted by molar-refractivity contribution is 7.14.